The summed E-state index contributed by atoms with van der Waals surface area (Å²) in [5.41, 5.74) is 3.03. The number of hydrogen-bond acceptors (Lipinski definition) is 6. The van der Waals surface area contributed by atoms with Crippen LogP contribution in [0.5, 0.6) is 23.0 Å². The van der Waals surface area contributed by atoms with Gasteiger partial charge in [0.1, 0.15) is 19.3 Å². The summed E-state index contributed by atoms with van der Waals surface area (Å²) < 4.78 is 21.8. The molecular weight excluding hydrogens is 448 g/mol. The third kappa shape index (κ3) is 5.22. The maximum atomic E-state index is 13.3. The summed E-state index contributed by atoms with van der Waals surface area (Å²) in [5, 5.41) is 5.68. The molecule has 0 spiro atoms. The summed E-state index contributed by atoms with van der Waals surface area (Å²) in [6.45, 7) is 3.07. The molecule has 8 heteroatoms. The monoisotopic (exact) mass is 472 g/mol. The van der Waals surface area contributed by atoms with E-state index in [-0.39, 0.29) is 12.7 Å². The Morgan fingerprint density at radius 1 is 0.829 bits per heavy atom. The zero-order valence-corrected chi connectivity index (χ0v) is 19.1. The molecule has 0 bridgehead atoms. The first-order valence-corrected chi connectivity index (χ1v) is 11.2. The summed E-state index contributed by atoms with van der Waals surface area (Å²) in [7, 11) is 0. The van der Waals surface area contributed by atoms with Crippen molar-refractivity contribution in [2.75, 3.05) is 25.3 Å². The second-order valence-corrected chi connectivity index (χ2v) is 8.15. The lowest BCUT2D eigenvalue weighted by atomic mass is 10.0. The number of carbonyl (C=O) groups is 2. The second kappa shape index (κ2) is 9.80. The van der Waals surface area contributed by atoms with Gasteiger partial charge in [0, 0.05) is 17.8 Å². The fourth-order valence-electron chi connectivity index (χ4n) is 3.77. The third-order valence-corrected chi connectivity index (χ3v) is 5.59. The summed E-state index contributed by atoms with van der Waals surface area (Å²) in [6.07, 6.45) is 3.04. The third-order valence-electron chi connectivity index (χ3n) is 5.59. The van der Waals surface area contributed by atoms with E-state index in [4.69, 9.17) is 18.9 Å². The predicted octanol–water partition coefficient (Wildman–Crippen LogP) is 4.00. The highest BCUT2D eigenvalue weighted by atomic mass is 16.7. The number of hydrogen-bond donors (Lipinski definition) is 2. The molecule has 178 valence electrons. The second-order valence-electron chi connectivity index (χ2n) is 8.15. The molecule has 2 aliphatic heterocycles. The Morgan fingerprint density at radius 3 is 2.34 bits per heavy atom. The fraction of sp³-hybridized carbons (Fsp3) is 0.185. The normalized spacial score (nSPS) is 14.4. The quantitative estimate of drug-likeness (QED) is 0.527. The van der Waals surface area contributed by atoms with Crippen molar-refractivity contribution >= 4 is 23.6 Å². The van der Waals surface area contributed by atoms with Gasteiger partial charge in [-0.3, -0.25) is 9.59 Å². The molecule has 5 rings (SSSR count). The molecule has 3 aromatic carbocycles. The molecule has 0 saturated heterocycles. The molecule has 2 amide bonds. The van der Waals surface area contributed by atoms with Crippen LogP contribution in [0.2, 0.25) is 0 Å². The minimum atomic E-state index is -0.905. The fourth-order valence-corrected chi connectivity index (χ4v) is 3.77. The van der Waals surface area contributed by atoms with Gasteiger partial charge < -0.3 is 29.6 Å². The van der Waals surface area contributed by atoms with Crippen molar-refractivity contribution in [1.29, 1.82) is 0 Å². The molecule has 0 aliphatic carbocycles. The van der Waals surface area contributed by atoms with E-state index >= 15 is 0 Å². The van der Waals surface area contributed by atoms with Crippen LogP contribution in [-0.4, -0.2) is 31.8 Å². The lowest BCUT2D eigenvalue weighted by Gasteiger charge is -2.21. The Labute approximate surface area is 202 Å². The Balaban J connectivity index is 1.32. The van der Waals surface area contributed by atoms with Crippen LogP contribution in [-0.2, 0) is 9.59 Å². The van der Waals surface area contributed by atoms with E-state index in [1.165, 1.54) is 6.08 Å². The maximum Gasteiger partial charge on any atom is 0.251 e. The summed E-state index contributed by atoms with van der Waals surface area (Å²) in [5.74, 6) is 1.70. The van der Waals surface area contributed by atoms with Crippen LogP contribution in [0.3, 0.4) is 0 Å². The molecule has 0 fully saturated rings. The van der Waals surface area contributed by atoms with E-state index in [0.717, 1.165) is 11.1 Å². The number of amides is 2. The van der Waals surface area contributed by atoms with E-state index in [1.807, 2.05) is 37.3 Å². The van der Waals surface area contributed by atoms with Crippen molar-refractivity contribution in [2.24, 2.45) is 0 Å². The number of carbonyl (C=O) groups excluding carboxylic acids is 2. The van der Waals surface area contributed by atoms with Crippen LogP contribution in [0, 0.1) is 6.92 Å². The maximum absolute atomic E-state index is 13.3. The highest BCUT2D eigenvalue weighted by Crippen LogP contribution is 2.34. The number of rotatable bonds is 6. The van der Waals surface area contributed by atoms with Crippen LogP contribution >= 0.6 is 0 Å². The van der Waals surface area contributed by atoms with Gasteiger partial charge in [-0.1, -0.05) is 35.9 Å². The van der Waals surface area contributed by atoms with Gasteiger partial charge in [0.05, 0.1) is 0 Å². The van der Waals surface area contributed by atoms with Gasteiger partial charge in [0.15, 0.2) is 23.0 Å². The highest BCUT2D eigenvalue weighted by molar-refractivity contribution is 6.00. The van der Waals surface area contributed by atoms with E-state index in [0.29, 0.717) is 47.5 Å². The van der Waals surface area contributed by atoms with Gasteiger partial charge in [-0.2, -0.15) is 0 Å². The van der Waals surface area contributed by atoms with E-state index in [9.17, 15) is 9.59 Å². The topological polar surface area (TPSA) is 95.1 Å². The molecule has 3 aromatic rings. The molecule has 2 aliphatic rings. The van der Waals surface area contributed by atoms with Crippen LogP contribution < -0.4 is 29.6 Å². The minimum Gasteiger partial charge on any atom is -0.486 e. The van der Waals surface area contributed by atoms with E-state index < -0.39 is 11.9 Å². The van der Waals surface area contributed by atoms with Crippen LogP contribution in [0.15, 0.2) is 66.7 Å². The molecule has 0 aromatic heterocycles. The van der Waals surface area contributed by atoms with E-state index in [2.05, 4.69) is 10.6 Å². The zero-order valence-electron chi connectivity index (χ0n) is 19.1. The number of fused-ring (bicyclic) bond motifs is 2. The van der Waals surface area contributed by atoms with Crippen molar-refractivity contribution in [3.63, 3.8) is 0 Å². The molecular formula is C27H24N2O6. The predicted molar refractivity (Wildman–Crippen MR) is 130 cm³/mol. The number of anilines is 1. The van der Waals surface area contributed by atoms with Crippen molar-refractivity contribution in [1.82, 2.24) is 5.32 Å². The van der Waals surface area contributed by atoms with Crippen molar-refractivity contribution < 1.29 is 28.5 Å². The SMILES string of the molecule is Cc1ccc([C@@H](NC(=O)/C=C/c2ccc3c(c2)OCO3)C(=O)Nc2ccc3c(c2)OCCO3)cc1. The van der Waals surface area contributed by atoms with Gasteiger partial charge >= 0.3 is 0 Å². The highest BCUT2D eigenvalue weighted by Gasteiger charge is 2.23. The largest absolute Gasteiger partial charge is 0.486 e. The minimum absolute atomic E-state index is 0.180. The lowest BCUT2D eigenvalue weighted by molar-refractivity contribution is -0.123. The van der Waals surface area contributed by atoms with Crippen LogP contribution in [0.25, 0.3) is 6.08 Å². The molecule has 2 N–H and O–H groups in total. The number of benzene rings is 3. The molecule has 1 atom stereocenters. The summed E-state index contributed by atoms with van der Waals surface area (Å²) >= 11 is 0. The number of nitrogens with one attached hydrogen (secondary N) is 2. The number of ether oxygens (including phenoxy) is 4. The van der Waals surface area contributed by atoms with Crippen molar-refractivity contribution in [3.05, 3.63) is 83.4 Å². The van der Waals surface area contributed by atoms with Gasteiger partial charge in [0.2, 0.25) is 12.7 Å². The Bertz CT molecular complexity index is 1290. The van der Waals surface area contributed by atoms with Crippen LogP contribution in [0.4, 0.5) is 5.69 Å². The standard InChI is InChI=1S/C27H24N2O6/c1-17-2-6-19(7-3-17)26(27(31)28-20-8-10-21-24(15-20)33-13-12-32-21)29-25(30)11-5-18-4-9-22-23(14-18)35-16-34-22/h2-11,14-15,26H,12-13,16H2,1H3,(H,28,31)(H,29,30)/b11-5+/t26-/m1/s1. The number of aryl methyl sites for hydroxylation is 1. The van der Waals surface area contributed by atoms with Gasteiger partial charge in [-0.25, -0.2) is 0 Å². The van der Waals surface area contributed by atoms with E-state index in [1.54, 1.807) is 36.4 Å². The first-order chi connectivity index (χ1) is 17.0. The smallest absolute Gasteiger partial charge is 0.251 e. The average molecular weight is 472 g/mol. The zero-order chi connectivity index (χ0) is 24.2. The summed E-state index contributed by atoms with van der Waals surface area (Å²) in [6, 6.07) is 17.1. The average Bonchev–Trinajstić information content (AvgIpc) is 3.34. The molecule has 35 heavy (non-hydrogen) atoms. The Morgan fingerprint density at radius 2 is 1.51 bits per heavy atom. The molecule has 0 radical (unpaired) electrons. The first kappa shape index (κ1) is 22.3. The Hall–Kier alpha value is -4.46. The lowest BCUT2D eigenvalue weighted by Crippen LogP contribution is -2.36. The van der Waals surface area contributed by atoms with Gasteiger partial charge in [-0.15, -0.1) is 0 Å². The molecule has 0 unspecified atom stereocenters. The first-order valence-electron chi connectivity index (χ1n) is 11.2. The van der Waals surface area contributed by atoms with Gasteiger partial charge in [-0.05, 0) is 48.4 Å². The Kier molecular flexibility index (Phi) is 6.26. The molecule has 0 saturated carbocycles. The van der Waals surface area contributed by atoms with Crippen molar-refractivity contribution in [2.45, 2.75) is 13.0 Å². The molecule has 8 nitrogen and oxygen atoms in total. The summed E-state index contributed by atoms with van der Waals surface area (Å²) in [4.78, 5) is 26.0. The van der Waals surface area contributed by atoms with Gasteiger partial charge in [0.25, 0.3) is 5.91 Å². The molecule has 2 heterocycles. The van der Waals surface area contributed by atoms with Crippen molar-refractivity contribution in [3.8, 4) is 23.0 Å². The van der Waals surface area contributed by atoms with Crippen LogP contribution in [0.1, 0.15) is 22.7 Å².